The van der Waals surface area contributed by atoms with Crippen LogP contribution in [0.25, 0.3) is 0 Å². The molecule has 0 unspecified atom stereocenters. The number of hydrogen-bond acceptors (Lipinski definition) is 4. The fourth-order valence-corrected chi connectivity index (χ4v) is 4.46. The first kappa shape index (κ1) is 20.8. The molecule has 154 valence electrons. The lowest BCUT2D eigenvalue weighted by Crippen LogP contribution is -3.23. The Morgan fingerprint density at radius 2 is 1.79 bits per heavy atom. The predicted molar refractivity (Wildman–Crippen MR) is 107 cm³/mol. The van der Waals surface area contributed by atoms with E-state index in [0.717, 1.165) is 39.1 Å². The van der Waals surface area contributed by atoms with Gasteiger partial charge in [-0.05, 0) is 51.0 Å². The average molecular weight is 390 g/mol. The minimum absolute atomic E-state index is 0.0146. The van der Waals surface area contributed by atoms with Gasteiger partial charge in [-0.1, -0.05) is 6.42 Å². The van der Waals surface area contributed by atoms with Crippen LogP contribution in [0.1, 0.15) is 56.3 Å². The Morgan fingerprint density at radius 1 is 1.14 bits per heavy atom. The normalized spacial score (nSPS) is 20.9. The van der Waals surface area contributed by atoms with Gasteiger partial charge in [0.15, 0.2) is 11.9 Å². The van der Waals surface area contributed by atoms with Crippen LogP contribution < -0.4 is 15.0 Å². The van der Waals surface area contributed by atoms with Crippen LogP contribution in [0.2, 0.25) is 0 Å². The van der Waals surface area contributed by atoms with Gasteiger partial charge in [-0.15, -0.1) is 0 Å². The zero-order chi connectivity index (χ0) is 20.0. The highest BCUT2D eigenvalue weighted by Crippen LogP contribution is 2.25. The van der Waals surface area contributed by atoms with Gasteiger partial charge in [0.1, 0.15) is 24.4 Å². The van der Waals surface area contributed by atoms with Crippen molar-refractivity contribution in [2.75, 3.05) is 32.8 Å². The molecule has 2 aliphatic rings. The molecule has 1 aliphatic carbocycles. The molecule has 1 atom stereocenters. The lowest BCUT2D eigenvalue weighted by Gasteiger charge is -2.45. The van der Waals surface area contributed by atoms with Crippen LogP contribution in [0.4, 0.5) is 0 Å². The average Bonchev–Trinajstić information content (AvgIpc) is 2.73. The van der Waals surface area contributed by atoms with Crippen LogP contribution in [0.5, 0.6) is 5.75 Å². The van der Waals surface area contributed by atoms with Crippen molar-refractivity contribution in [3.05, 3.63) is 29.8 Å². The molecule has 0 spiro atoms. The van der Waals surface area contributed by atoms with Crippen molar-refractivity contribution in [2.45, 2.75) is 57.6 Å². The maximum Gasteiger partial charge on any atom is 0.261 e. The van der Waals surface area contributed by atoms with E-state index in [4.69, 9.17) is 9.47 Å². The van der Waals surface area contributed by atoms with E-state index in [1.165, 1.54) is 26.2 Å². The number of hydrogen-bond donors (Lipinski definition) is 2. The second kappa shape index (κ2) is 9.52. The fraction of sp³-hybridized carbons (Fsp3) is 0.636. The summed E-state index contributed by atoms with van der Waals surface area (Å²) in [4.78, 5) is 25.6. The number of carbonyl (C=O) groups is 2. The molecule has 1 saturated carbocycles. The molecule has 0 aromatic heterocycles. The first-order chi connectivity index (χ1) is 13.5. The van der Waals surface area contributed by atoms with Gasteiger partial charge in [0.05, 0.1) is 19.8 Å². The molecule has 3 rings (SSSR count). The minimum Gasteiger partial charge on any atom is -0.481 e. The standard InChI is InChI=1S/C22H32N2O4/c1-17(25)19-6-8-20(9-7-19)28-18(2)21(26)23-16-22(10-4-3-5-11-22)24-12-14-27-15-13-24/h6-9,18H,3-5,10-16H2,1-2H3,(H,23,26)/p+1/t18-/m0/s1. The second-order valence-electron chi connectivity index (χ2n) is 8.12. The van der Waals surface area contributed by atoms with E-state index in [-0.39, 0.29) is 17.2 Å². The number of nitrogens with one attached hydrogen (secondary N) is 2. The summed E-state index contributed by atoms with van der Waals surface area (Å²) in [5, 5.41) is 3.16. The Balaban J connectivity index is 1.56. The summed E-state index contributed by atoms with van der Waals surface area (Å²) in [6.07, 6.45) is 5.48. The van der Waals surface area contributed by atoms with Crippen LogP contribution in [-0.4, -0.2) is 56.2 Å². The zero-order valence-corrected chi connectivity index (χ0v) is 17.1. The quantitative estimate of drug-likeness (QED) is 0.692. The highest BCUT2D eigenvalue weighted by atomic mass is 16.5. The predicted octanol–water partition coefficient (Wildman–Crippen LogP) is 1.39. The van der Waals surface area contributed by atoms with Crippen LogP contribution in [0.3, 0.4) is 0 Å². The molecule has 1 heterocycles. The Bertz CT molecular complexity index is 662. The maximum absolute atomic E-state index is 12.7. The van der Waals surface area contributed by atoms with Gasteiger partial charge in [-0.25, -0.2) is 0 Å². The first-order valence-corrected chi connectivity index (χ1v) is 10.5. The smallest absolute Gasteiger partial charge is 0.261 e. The highest BCUT2D eigenvalue weighted by Gasteiger charge is 2.42. The molecule has 0 radical (unpaired) electrons. The first-order valence-electron chi connectivity index (χ1n) is 10.5. The van der Waals surface area contributed by atoms with Crippen molar-refractivity contribution in [2.24, 2.45) is 0 Å². The molecule has 2 N–H and O–H groups in total. The van der Waals surface area contributed by atoms with E-state index < -0.39 is 6.10 Å². The number of benzene rings is 1. The number of amides is 1. The third-order valence-electron chi connectivity index (χ3n) is 6.20. The van der Waals surface area contributed by atoms with Crippen molar-refractivity contribution in [1.82, 2.24) is 5.32 Å². The Hall–Kier alpha value is -1.92. The van der Waals surface area contributed by atoms with Gasteiger partial charge in [0.25, 0.3) is 5.91 Å². The van der Waals surface area contributed by atoms with Gasteiger partial charge in [0, 0.05) is 18.4 Å². The number of ketones is 1. The second-order valence-corrected chi connectivity index (χ2v) is 8.12. The molecule has 0 bridgehead atoms. The van der Waals surface area contributed by atoms with Crippen LogP contribution in [0.15, 0.2) is 24.3 Å². The monoisotopic (exact) mass is 389 g/mol. The molecule has 1 amide bonds. The number of quaternary nitrogens is 1. The van der Waals surface area contributed by atoms with Crippen molar-refractivity contribution in [3.8, 4) is 5.75 Å². The summed E-state index contributed by atoms with van der Waals surface area (Å²) in [7, 11) is 0. The van der Waals surface area contributed by atoms with E-state index in [9.17, 15) is 9.59 Å². The van der Waals surface area contributed by atoms with Crippen molar-refractivity contribution < 1.29 is 24.0 Å². The molecule has 28 heavy (non-hydrogen) atoms. The van der Waals surface area contributed by atoms with Crippen LogP contribution in [-0.2, 0) is 9.53 Å². The SMILES string of the molecule is CC(=O)c1ccc(O[C@@H](C)C(=O)NCC2([NH+]3CCOCC3)CCCCC2)cc1. The molecule has 6 heteroatoms. The minimum atomic E-state index is -0.580. The molecule has 2 fully saturated rings. The third-order valence-corrected chi connectivity index (χ3v) is 6.20. The van der Waals surface area contributed by atoms with Gasteiger partial charge in [-0.2, -0.15) is 0 Å². The van der Waals surface area contributed by atoms with Gasteiger partial charge < -0.3 is 19.7 Å². The molecule has 1 aliphatic heterocycles. The van der Waals surface area contributed by atoms with E-state index in [0.29, 0.717) is 17.9 Å². The molecule has 1 aromatic carbocycles. The van der Waals surface area contributed by atoms with E-state index >= 15 is 0 Å². The summed E-state index contributed by atoms with van der Waals surface area (Å²) in [6, 6.07) is 6.92. The lowest BCUT2D eigenvalue weighted by molar-refractivity contribution is -0.960. The molecular formula is C22H33N2O4+. The number of carbonyl (C=O) groups excluding carboxylic acids is 2. The molecule has 1 aromatic rings. The highest BCUT2D eigenvalue weighted by molar-refractivity contribution is 5.94. The Morgan fingerprint density at radius 3 is 2.39 bits per heavy atom. The lowest BCUT2D eigenvalue weighted by atomic mass is 9.79. The summed E-state index contributed by atoms with van der Waals surface area (Å²) in [5.41, 5.74) is 0.762. The maximum atomic E-state index is 12.7. The van der Waals surface area contributed by atoms with Gasteiger partial charge in [0.2, 0.25) is 0 Å². The molecule has 1 saturated heterocycles. The Kier molecular flexibility index (Phi) is 7.08. The number of morpholine rings is 1. The summed E-state index contributed by atoms with van der Waals surface area (Å²) >= 11 is 0. The van der Waals surface area contributed by atoms with E-state index in [1.807, 2.05) is 0 Å². The molecule has 6 nitrogen and oxygen atoms in total. The summed E-state index contributed by atoms with van der Waals surface area (Å²) < 4.78 is 11.3. The van der Waals surface area contributed by atoms with Crippen molar-refractivity contribution >= 4 is 11.7 Å². The van der Waals surface area contributed by atoms with E-state index in [2.05, 4.69) is 5.32 Å². The van der Waals surface area contributed by atoms with Gasteiger partial charge in [-0.3, -0.25) is 9.59 Å². The number of rotatable bonds is 7. The Labute approximate surface area is 167 Å². The van der Waals surface area contributed by atoms with Crippen molar-refractivity contribution in [3.63, 3.8) is 0 Å². The summed E-state index contributed by atoms with van der Waals surface area (Å²) in [6.45, 7) is 7.64. The number of Topliss-reactive ketones (excluding diaryl/α,β-unsaturated/α-hetero) is 1. The summed E-state index contributed by atoms with van der Waals surface area (Å²) in [5.74, 6) is 0.521. The number of ether oxygens (including phenoxy) is 2. The largest absolute Gasteiger partial charge is 0.481 e. The molecular weight excluding hydrogens is 356 g/mol. The topological polar surface area (TPSA) is 69.1 Å². The zero-order valence-electron chi connectivity index (χ0n) is 17.1. The van der Waals surface area contributed by atoms with E-state index in [1.54, 1.807) is 36.1 Å². The van der Waals surface area contributed by atoms with Crippen LogP contribution >= 0.6 is 0 Å². The third kappa shape index (κ3) is 5.11. The van der Waals surface area contributed by atoms with Crippen molar-refractivity contribution in [1.29, 1.82) is 0 Å². The van der Waals surface area contributed by atoms with Crippen LogP contribution in [0, 0.1) is 0 Å². The fourth-order valence-electron chi connectivity index (χ4n) is 4.46. The van der Waals surface area contributed by atoms with Gasteiger partial charge >= 0.3 is 0 Å².